The first-order valence-corrected chi connectivity index (χ1v) is 10.7. The summed E-state index contributed by atoms with van der Waals surface area (Å²) in [6.07, 6.45) is 1.82. The molecule has 6 nitrogen and oxygen atoms in total. The van der Waals surface area contributed by atoms with Crippen molar-refractivity contribution in [3.05, 3.63) is 59.2 Å². The molecule has 162 valence electrons. The molecule has 0 saturated carbocycles. The molecule has 1 aliphatic rings. The number of rotatable bonds is 2. The summed E-state index contributed by atoms with van der Waals surface area (Å²) < 4.78 is 16.1. The number of anilines is 2. The number of aliphatic hydroxyl groups is 1. The summed E-state index contributed by atoms with van der Waals surface area (Å²) >= 11 is 0. The number of aromatic nitrogens is 4. The lowest BCUT2D eigenvalue weighted by molar-refractivity contribution is 0.206. The number of fused-ring (bicyclic) bond motifs is 4. The van der Waals surface area contributed by atoms with E-state index in [1.54, 1.807) is 6.07 Å². The molecule has 1 N–H and O–H groups in total. The molecular weight excluding hydrogens is 405 g/mol. The molecular formula is C25H24FN5O. The Morgan fingerprint density at radius 3 is 2.84 bits per heavy atom. The largest absolute Gasteiger partial charge is 0.395 e. The topological polar surface area (TPSA) is 66.5 Å². The van der Waals surface area contributed by atoms with Gasteiger partial charge in [0.05, 0.1) is 12.1 Å². The summed E-state index contributed by atoms with van der Waals surface area (Å²) in [5, 5.41) is 18.7. The molecule has 4 aromatic rings. The van der Waals surface area contributed by atoms with Gasteiger partial charge in [0.15, 0.2) is 0 Å². The van der Waals surface area contributed by atoms with Crippen LogP contribution in [0.2, 0.25) is 0 Å². The molecule has 7 heteroatoms. The number of halogens is 1. The van der Waals surface area contributed by atoms with Gasteiger partial charge in [0.2, 0.25) is 0 Å². The van der Waals surface area contributed by atoms with E-state index in [-0.39, 0.29) is 12.4 Å². The Labute approximate surface area is 185 Å². The summed E-state index contributed by atoms with van der Waals surface area (Å²) in [6.45, 7) is 6.46. The first-order valence-electron chi connectivity index (χ1n) is 10.7. The molecule has 32 heavy (non-hydrogen) atoms. The van der Waals surface area contributed by atoms with Crippen LogP contribution in [0.3, 0.4) is 0 Å². The maximum atomic E-state index is 14.3. The molecule has 2 aromatic carbocycles. The van der Waals surface area contributed by atoms with E-state index in [2.05, 4.69) is 33.0 Å². The lowest BCUT2D eigenvalue weighted by atomic mass is 9.92. The van der Waals surface area contributed by atoms with Gasteiger partial charge >= 0.3 is 0 Å². The van der Waals surface area contributed by atoms with Crippen molar-refractivity contribution < 1.29 is 9.50 Å². The van der Waals surface area contributed by atoms with Gasteiger partial charge in [-0.25, -0.2) is 4.39 Å². The molecule has 2 aromatic heterocycles. The second kappa shape index (κ2) is 7.57. The first-order chi connectivity index (χ1) is 15.4. The Balaban J connectivity index is 1.71. The zero-order chi connectivity index (χ0) is 22.5. The van der Waals surface area contributed by atoms with E-state index < -0.39 is 5.41 Å². The Hall–Kier alpha value is -3.50. The number of hydrogen-bond donors (Lipinski definition) is 1. The fourth-order valence-electron chi connectivity index (χ4n) is 4.19. The molecule has 0 amide bonds. The van der Waals surface area contributed by atoms with Crippen LogP contribution in [-0.4, -0.2) is 37.8 Å². The Kier molecular flexibility index (Phi) is 4.83. The normalized spacial score (nSPS) is 13.8. The van der Waals surface area contributed by atoms with Crippen molar-refractivity contribution in [2.75, 3.05) is 18.1 Å². The predicted octanol–water partition coefficient (Wildman–Crippen LogP) is 4.18. The van der Waals surface area contributed by atoms with Gasteiger partial charge in [0.25, 0.3) is 5.78 Å². The monoisotopic (exact) mass is 429 g/mol. The summed E-state index contributed by atoms with van der Waals surface area (Å²) in [6, 6.07) is 10.8. The van der Waals surface area contributed by atoms with Crippen molar-refractivity contribution in [1.29, 1.82) is 0 Å². The highest BCUT2D eigenvalue weighted by Gasteiger charge is 2.25. The SMILES string of the molecule is Cc1nnc2nc(N3CCCc4c(C#CC(C)(C)CO)cccc43)c3cc(F)ccc3n12. The van der Waals surface area contributed by atoms with E-state index in [9.17, 15) is 9.50 Å². The van der Waals surface area contributed by atoms with E-state index in [0.29, 0.717) is 22.8 Å². The zero-order valence-corrected chi connectivity index (χ0v) is 18.4. The zero-order valence-electron chi connectivity index (χ0n) is 18.4. The minimum atomic E-state index is -0.469. The number of aliphatic hydroxyl groups excluding tert-OH is 1. The average molecular weight is 429 g/mol. The molecule has 1 aliphatic heterocycles. The van der Waals surface area contributed by atoms with Crippen LogP contribution >= 0.6 is 0 Å². The summed E-state index contributed by atoms with van der Waals surface area (Å²) in [7, 11) is 0. The fraction of sp³-hybridized carbons (Fsp3) is 0.320. The molecule has 0 fully saturated rings. The molecule has 0 radical (unpaired) electrons. The predicted molar refractivity (Wildman–Crippen MR) is 122 cm³/mol. The third-order valence-corrected chi connectivity index (χ3v) is 5.89. The van der Waals surface area contributed by atoms with Crippen LogP contribution in [0.5, 0.6) is 0 Å². The third-order valence-electron chi connectivity index (χ3n) is 5.89. The lowest BCUT2D eigenvalue weighted by Crippen LogP contribution is -2.26. The number of aryl methyl sites for hydroxylation is 1. The van der Waals surface area contributed by atoms with Crippen LogP contribution < -0.4 is 4.90 Å². The van der Waals surface area contributed by atoms with Gasteiger partial charge in [0, 0.05) is 28.6 Å². The van der Waals surface area contributed by atoms with Crippen molar-refractivity contribution in [3.8, 4) is 11.8 Å². The van der Waals surface area contributed by atoms with E-state index in [4.69, 9.17) is 4.98 Å². The second-order valence-corrected chi connectivity index (χ2v) is 8.83. The van der Waals surface area contributed by atoms with Crippen molar-refractivity contribution in [1.82, 2.24) is 19.6 Å². The van der Waals surface area contributed by atoms with Gasteiger partial charge in [-0.3, -0.25) is 4.40 Å². The first kappa shape index (κ1) is 20.4. The average Bonchev–Trinajstić information content (AvgIpc) is 3.17. The highest BCUT2D eigenvalue weighted by atomic mass is 19.1. The highest BCUT2D eigenvalue weighted by Crippen LogP contribution is 2.38. The molecule has 5 rings (SSSR count). The van der Waals surface area contributed by atoms with Gasteiger partial charge in [-0.1, -0.05) is 17.9 Å². The van der Waals surface area contributed by atoms with Crippen LogP contribution in [0.1, 0.15) is 37.2 Å². The van der Waals surface area contributed by atoms with Crippen LogP contribution in [-0.2, 0) is 6.42 Å². The van der Waals surface area contributed by atoms with Crippen LogP contribution in [0.25, 0.3) is 16.7 Å². The molecule has 0 atom stereocenters. The molecule has 0 aliphatic carbocycles. The smallest absolute Gasteiger partial charge is 0.257 e. The van der Waals surface area contributed by atoms with Crippen molar-refractivity contribution >= 4 is 28.2 Å². The molecule has 0 spiro atoms. The van der Waals surface area contributed by atoms with Gasteiger partial charge < -0.3 is 10.0 Å². The summed E-state index contributed by atoms with van der Waals surface area (Å²) in [5.41, 5.74) is 3.46. The maximum Gasteiger partial charge on any atom is 0.257 e. The van der Waals surface area contributed by atoms with Gasteiger partial charge in [-0.15, -0.1) is 10.2 Å². The quantitative estimate of drug-likeness (QED) is 0.484. The van der Waals surface area contributed by atoms with E-state index in [1.165, 1.54) is 12.1 Å². The van der Waals surface area contributed by atoms with Gasteiger partial charge in [0.1, 0.15) is 17.5 Å². The Bertz CT molecular complexity index is 1410. The minimum Gasteiger partial charge on any atom is -0.395 e. The summed E-state index contributed by atoms with van der Waals surface area (Å²) in [4.78, 5) is 6.93. The van der Waals surface area contributed by atoms with Crippen LogP contribution in [0, 0.1) is 30.0 Å². The lowest BCUT2D eigenvalue weighted by Gasteiger charge is -2.32. The molecule has 0 unspecified atom stereocenters. The number of benzene rings is 2. The van der Waals surface area contributed by atoms with E-state index in [0.717, 1.165) is 41.7 Å². The number of nitrogens with zero attached hydrogens (tertiary/aromatic N) is 5. The van der Waals surface area contributed by atoms with Crippen LogP contribution in [0.15, 0.2) is 36.4 Å². The molecule has 0 saturated heterocycles. The Morgan fingerprint density at radius 2 is 2.03 bits per heavy atom. The minimum absolute atomic E-state index is 0.000399. The van der Waals surface area contributed by atoms with Gasteiger partial charge in [-0.05, 0) is 69.5 Å². The third kappa shape index (κ3) is 3.37. The summed E-state index contributed by atoms with van der Waals surface area (Å²) in [5.74, 6) is 8.01. The van der Waals surface area contributed by atoms with E-state index in [1.807, 2.05) is 37.3 Å². The van der Waals surface area contributed by atoms with Crippen molar-refractivity contribution in [2.45, 2.75) is 33.6 Å². The van der Waals surface area contributed by atoms with E-state index >= 15 is 0 Å². The number of hydrogen-bond acceptors (Lipinski definition) is 5. The van der Waals surface area contributed by atoms with Gasteiger partial charge in [-0.2, -0.15) is 4.98 Å². The van der Waals surface area contributed by atoms with Crippen molar-refractivity contribution in [2.24, 2.45) is 5.41 Å². The molecule has 3 heterocycles. The highest BCUT2D eigenvalue weighted by molar-refractivity contribution is 5.94. The Morgan fingerprint density at radius 1 is 1.19 bits per heavy atom. The second-order valence-electron chi connectivity index (χ2n) is 8.83. The standard InChI is InChI=1S/C25H24FN5O/c1-16-28-29-24-27-23(20-14-18(26)9-10-22(20)31(16)24)30-13-5-7-19-17(6-4-8-21(19)30)11-12-25(2,3)15-32/h4,6,8-10,14,32H,5,7,13,15H2,1-3H3. The van der Waals surface area contributed by atoms with Crippen molar-refractivity contribution in [3.63, 3.8) is 0 Å². The fourth-order valence-corrected chi connectivity index (χ4v) is 4.19. The maximum absolute atomic E-state index is 14.3. The van der Waals surface area contributed by atoms with Crippen LogP contribution in [0.4, 0.5) is 15.9 Å². The molecule has 0 bridgehead atoms.